The summed E-state index contributed by atoms with van der Waals surface area (Å²) in [7, 11) is 0. The Labute approximate surface area is 128 Å². The molecule has 2 atom stereocenters. The largest absolute Gasteiger partial charge is 0.297 e. The molecule has 0 amide bonds. The van der Waals surface area contributed by atoms with Gasteiger partial charge in [-0.05, 0) is 38.5 Å². The highest BCUT2D eigenvalue weighted by Crippen LogP contribution is 2.39. The molecule has 0 aliphatic carbocycles. The Bertz CT molecular complexity index is 516. The van der Waals surface area contributed by atoms with Gasteiger partial charge < -0.3 is 0 Å². The first-order valence-corrected chi connectivity index (χ1v) is 7.59. The van der Waals surface area contributed by atoms with Gasteiger partial charge in [-0.3, -0.25) is 4.90 Å². The zero-order valence-corrected chi connectivity index (χ0v) is 13.8. The quantitative estimate of drug-likeness (QED) is 0.755. The Kier molecular flexibility index (Phi) is 4.25. The first-order valence-electron chi connectivity index (χ1n) is 6.42. The zero-order valence-electron chi connectivity index (χ0n) is 11.5. The molecule has 0 unspecified atom stereocenters. The maximum absolute atomic E-state index is 9.41. The van der Waals surface area contributed by atoms with Crippen molar-refractivity contribution in [3.05, 3.63) is 33.3 Å². The van der Waals surface area contributed by atoms with Crippen LogP contribution in [0.3, 0.4) is 0 Å². The Morgan fingerprint density at radius 1 is 1.37 bits per heavy atom. The third-order valence-electron chi connectivity index (χ3n) is 3.80. The second kappa shape index (κ2) is 5.44. The van der Waals surface area contributed by atoms with Crippen LogP contribution in [0.4, 0.5) is 0 Å². The van der Waals surface area contributed by atoms with Crippen LogP contribution in [0.1, 0.15) is 32.3 Å². The van der Waals surface area contributed by atoms with E-state index in [9.17, 15) is 5.26 Å². The normalized spacial score (nSPS) is 24.4. The summed E-state index contributed by atoms with van der Waals surface area (Å²) in [6.07, 6.45) is 0. The molecule has 0 N–H and O–H groups in total. The lowest BCUT2D eigenvalue weighted by atomic mass is 9.90. The van der Waals surface area contributed by atoms with E-state index < -0.39 is 0 Å². The van der Waals surface area contributed by atoms with E-state index in [1.165, 1.54) is 5.56 Å². The molecule has 1 saturated heterocycles. The number of hydrogen-bond acceptors (Lipinski definition) is 2. The molecule has 0 aromatic heterocycles. The van der Waals surface area contributed by atoms with E-state index in [1.54, 1.807) is 0 Å². The summed E-state index contributed by atoms with van der Waals surface area (Å²) in [5, 5.41) is 10.1. The van der Waals surface area contributed by atoms with Crippen molar-refractivity contribution in [2.45, 2.75) is 32.2 Å². The molecule has 0 radical (unpaired) electrons. The number of likely N-dealkylation sites (tertiary alicyclic amines) is 1. The minimum absolute atomic E-state index is 0.0386. The first kappa shape index (κ1) is 14.8. The van der Waals surface area contributed by atoms with Gasteiger partial charge in [-0.2, -0.15) is 5.26 Å². The van der Waals surface area contributed by atoms with Crippen LogP contribution in [0, 0.1) is 17.2 Å². The van der Waals surface area contributed by atoms with Crippen molar-refractivity contribution in [2.75, 3.05) is 13.1 Å². The Morgan fingerprint density at radius 2 is 2.05 bits per heavy atom. The molecule has 1 aliphatic rings. The molecule has 0 bridgehead atoms. The van der Waals surface area contributed by atoms with Gasteiger partial charge in [0.2, 0.25) is 0 Å². The summed E-state index contributed by atoms with van der Waals surface area (Å²) < 4.78 is 1.00. The lowest BCUT2D eigenvalue weighted by Gasteiger charge is -2.31. The molecule has 2 rings (SSSR count). The monoisotopic (exact) mass is 340 g/mol. The number of halogens is 2. The molecule has 4 heteroatoms. The number of nitriles is 1. The van der Waals surface area contributed by atoms with Crippen LogP contribution in [0.5, 0.6) is 0 Å². The number of rotatable bonds is 1. The fourth-order valence-corrected chi connectivity index (χ4v) is 3.58. The van der Waals surface area contributed by atoms with Crippen LogP contribution < -0.4 is 0 Å². The smallest absolute Gasteiger partial charge is 0.0676 e. The SMILES string of the molecule is CC(C)(C)N1C[C@H](c2ccc(Cl)cc2Br)[C@@H](C#N)C1. The zero-order chi connectivity index (χ0) is 14.2. The molecule has 1 aromatic rings. The highest BCUT2D eigenvalue weighted by Gasteiger charge is 2.39. The Balaban J connectivity index is 2.31. The van der Waals surface area contributed by atoms with E-state index in [1.807, 2.05) is 18.2 Å². The number of benzene rings is 1. The van der Waals surface area contributed by atoms with Crippen molar-refractivity contribution in [1.29, 1.82) is 5.26 Å². The topological polar surface area (TPSA) is 27.0 Å². The molecule has 102 valence electrons. The van der Waals surface area contributed by atoms with Gasteiger partial charge in [0.25, 0.3) is 0 Å². The van der Waals surface area contributed by atoms with Crippen molar-refractivity contribution in [3.63, 3.8) is 0 Å². The fraction of sp³-hybridized carbons (Fsp3) is 0.533. The highest BCUT2D eigenvalue weighted by atomic mass is 79.9. The minimum Gasteiger partial charge on any atom is -0.297 e. The van der Waals surface area contributed by atoms with Crippen molar-refractivity contribution in [2.24, 2.45) is 5.92 Å². The minimum atomic E-state index is 0.0386. The van der Waals surface area contributed by atoms with Crippen molar-refractivity contribution in [1.82, 2.24) is 4.90 Å². The second-order valence-corrected chi connectivity index (χ2v) is 7.37. The summed E-state index contributed by atoms with van der Waals surface area (Å²) in [6.45, 7) is 8.34. The lowest BCUT2D eigenvalue weighted by Crippen LogP contribution is -2.39. The predicted molar refractivity (Wildman–Crippen MR) is 82.3 cm³/mol. The number of nitrogens with zero attached hydrogens (tertiary/aromatic N) is 2. The Hall–Kier alpha value is -0.560. The van der Waals surface area contributed by atoms with Gasteiger partial charge in [-0.15, -0.1) is 0 Å². The van der Waals surface area contributed by atoms with Crippen LogP contribution in [0.2, 0.25) is 5.02 Å². The van der Waals surface area contributed by atoms with Crippen LogP contribution in [0.15, 0.2) is 22.7 Å². The van der Waals surface area contributed by atoms with Gasteiger partial charge in [-0.1, -0.05) is 33.6 Å². The summed E-state index contributed by atoms with van der Waals surface area (Å²) in [4.78, 5) is 2.38. The van der Waals surface area contributed by atoms with Crippen LogP contribution >= 0.6 is 27.5 Å². The molecule has 1 aromatic carbocycles. The number of hydrogen-bond donors (Lipinski definition) is 0. The predicted octanol–water partition coefficient (Wildman–Crippen LogP) is 4.44. The van der Waals surface area contributed by atoms with Gasteiger partial charge >= 0.3 is 0 Å². The molecule has 1 aliphatic heterocycles. The van der Waals surface area contributed by atoms with E-state index in [0.29, 0.717) is 0 Å². The maximum atomic E-state index is 9.41. The van der Waals surface area contributed by atoms with E-state index in [2.05, 4.69) is 47.7 Å². The van der Waals surface area contributed by atoms with Gasteiger partial charge in [0, 0.05) is 34.0 Å². The molecule has 0 spiro atoms. The molecule has 0 saturated carbocycles. The molecular weight excluding hydrogens is 324 g/mol. The molecule has 19 heavy (non-hydrogen) atoms. The van der Waals surface area contributed by atoms with Crippen molar-refractivity contribution >= 4 is 27.5 Å². The van der Waals surface area contributed by atoms with E-state index in [4.69, 9.17) is 11.6 Å². The maximum Gasteiger partial charge on any atom is 0.0676 e. The molecule has 2 nitrogen and oxygen atoms in total. The second-order valence-electron chi connectivity index (χ2n) is 6.08. The summed E-state index contributed by atoms with van der Waals surface area (Å²) in [5.74, 6) is 0.285. The van der Waals surface area contributed by atoms with Crippen molar-refractivity contribution in [3.8, 4) is 6.07 Å². The summed E-state index contributed by atoms with van der Waals surface area (Å²) in [6, 6.07) is 8.30. The first-order chi connectivity index (χ1) is 8.82. The van der Waals surface area contributed by atoms with E-state index in [-0.39, 0.29) is 17.4 Å². The van der Waals surface area contributed by atoms with E-state index >= 15 is 0 Å². The van der Waals surface area contributed by atoms with Crippen molar-refractivity contribution < 1.29 is 0 Å². The molecular formula is C15H18BrClN2. The summed E-state index contributed by atoms with van der Waals surface area (Å²) in [5.41, 5.74) is 1.28. The molecule has 1 heterocycles. The average Bonchev–Trinajstić information content (AvgIpc) is 2.72. The standard InChI is InChI=1S/C15H18BrClN2/c1-15(2,3)19-8-10(7-18)13(9-19)12-5-4-11(17)6-14(12)16/h4-6,10,13H,8-9H2,1-3H3/t10-,13-/m0/s1. The third-order valence-corrected chi connectivity index (χ3v) is 4.72. The summed E-state index contributed by atoms with van der Waals surface area (Å²) >= 11 is 9.56. The average molecular weight is 342 g/mol. The molecule has 1 fully saturated rings. The van der Waals surface area contributed by atoms with Crippen LogP contribution in [-0.2, 0) is 0 Å². The van der Waals surface area contributed by atoms with Crippen LogP contribution in [-0.4, -0.2) is 23.5 Å². The van der Waals surface area contributed by atoms with Gasteiger partial charge in [0.1, 0.15) is 0 Å². The van der Waals surface area contributed by atoms with Gasteiger partial charge in [0.15, 0.2) is 0 Å². The lowest BCUT2D eigenvalue weighted by molar-refractivity contribution is 0.170. The highest BCUT2D eigenvalue weighted by molar-refractivity contribution is 9.10. The van der Waals surface area contributed by atoms with Gasteiger partial charge in [0.05, 0.1) is 12.0 Å². The van der Waals surface area contributed by atoms with E-state index in [0.717, 1.165) is 22.6 Å². The Morgan fingerprint density at radius 3 is 2.58 bits per heavy atom. The van der Waals surface area contributed by atoms with Gasteiger partial charge in [-0.25, -0.2) is 0 Å². The van der Waals surface area contributed by atoms with Crippen LogP contribution in [0.25, 0.3) is 0 Å². The third kappa shape index (κ3) is 3.13. The fourth-order valence-electron chi connectivity index (χ4n) is 2.60.